The van der Waals surface area contributed by atoms with Gasteiger partial charge in [-0.2, -0.15) is 0 Å². The predicted molar refractivity (Wildman–Crippen MR) is 97.4 cm³/mol. The summed E-state index contributed by atoms with van der Waals surface area (Å²) >= 11 is 6.00. The summed E-state index contributed by atoms with van der Waals surface area (Å²) in [5, 5.41) is 3.15. The summed E-state index contributed by atoms with van der Waals surface area (Å²) in [6.45, 7) is 2.29. The van der Waals surface area contributed by atoms with Crippen LogP contribution in [0.15, 0.2) is 42.5 Å². The van der Waals surface area contributed by atoms with Gasteiger partial charge in [0.05, 0.1) is 12.3 Å². The molecule has 0 saturated carbocycles. The number of halogens is 2. The molecule has 3 rings (SSSR count). The Morgan fingerprint density at radius 1 is 1.36 bits per heavy atom. The Morgan fingerprint density at radius 2 is 2.16 bits per heavy atom. The summed E-state index contributed by atoms with van der Waals surface area (Å²) in [6, 6.07) is 11.4. The van der Waals surface area contributed by atoms with Gasteiger partial charge >= 0.3 is 6.09 Å². The van der Waals surface area contributed by atoms with Gasteiger partial charge in [0.15, 0.2) is 0 Å². The number of rotatable bonds is 4. The SMILES string of the molecule is CN1CC[C@@H](COC(=O)Nc2cccc(F)c2-c2cccc(Cl)c2)C1. The van der Waals surface area contributed by atoms with Crippen LogP contribution in [0, 0.1) is 11.7 Å². The van der Waals surface area contributed by atoms with Crippen molar-refractivity contribution in [3.8, 4) is 11.1 Å². The number of amides is 1. The van der Waals surface area contributed by atoms with E-state index in [2.05, 4.69) is 10.2 Å². The van der Waals surface area contributed by atoms with E-state index in [4.69, 9.17) is 16.3 Å². The standard InChI is InChI=1S/C19H20ClFN2O2/c1-23-9-8-13(11-23)12-25-19(24)22-17-7-3-6-16(21)18(17)14-4-2-5-15(20)10-14/h2-7,10,13H,8-9,11-12H2,1H3,(H,22,24)/t13-/m1/s1. The first-order valence-electron chi connectivity index (χ1n) is 8.19. The second kappa shape index (κ2) is 7.85. The normalized spacial score (nSPS) is 17.5. The molecule has 0 spiro atoms. The first-order valence-corrected chi connectivity index (χ1v) is 8.57. The van der Waals surface area contributed by atoms with Crippen LogP contribution in [0.4, 0.5) is 14.9 Å². The lowest BCUT2D eigenvalue weighted by atomic mass is 10.0. The number of benzene rings is 2. The molecule has 0 aromatic heterocycles. The number of anilines is 1. The van der Waals surface area contributed by atoms with Crippen molar-refractivity contribution >= 4 is 23.4 Å². The summed E-state index contributed by atoms with van der Waals surface area (Å²) < 4.78 is 19.7. The van der Waals surface area contributed by atoms with Gasteiger partial charge in [0, 0.05) is 23.0 Å². The van der Waals surface area contributed by atoms with Gasteiger partial charge in [-0.25, -0.2) is 9.18 Å². The van der Waals surface area contributed by atoms with Crippen LogP contribution in [-0.4, -0.2) is 37.7 Å². The topological polar surface area (TPSA) is 41.6 Å². The second-order valence-corrected chi connectivity index (χ2v) is 6.75. The fourth-order valence-electron chi connectivity index (χ4n) is 3.07. The van der Waals surface area contributed by atoms with Gasteiger partial charge < -0.3 is 9.64 Å². The highest BCUT2D eigenvalue weighted by Crippen LogP contribution is 2.32. The van der Waals surface area contributed by atoms with Crippen LogP contribution in [0.2, 0.25) is 5.02 Å². The largest absolute Gasteiger partial charge is 0.449 e. The van der Waals surface area contributed by atoms with Gasteiger partial charge in [-0.1, -0.05) is 29.8 Å². The highest BCUT2D eigenvalue weighted by molar-refractivity contribution is 6.30. The van der Waals surface area contributed by atoms with Gasteiger partial charge in [-0.15, -0.1) is 0 Å². The third-order valence-electron chi connectivity index (χ3n) is 4.30. The quantitative estimate of drug-likeness (QED) is 0.861. The van der Waals surface area contributed by atoms with E-state index in [9.17, 15) is 9.18 Å². The Kier molecular flexibility index (Phi) is 5.56. The summed E-state index contributed by atoms with van der Waals surface area (Å²) in [4.78, 5) is 14.3. The zero-order chi connectivity index (χ0) is 17.8. The van der Waals surface area contributed by atoms with Gasteiger partial charge in [-0.05, 0) is 49.8 Å². The Morgan fingerprint density at radius 3 is 2.88 bits per heavy atom. The van der Waals surface area contributed by atoms with E-state index >= 15 is 0 Å². The molecule has 0 unspecified atom stereocenters. The molecule has 0 bridgehead atoms. The van der Waals surface area contributed by atoms with Gasteiger partial charge in [-0.3, -0.25) is 5.32 Å². The number of nitrogens with one attached hydrogen (secondary N) is 1. The molecule has 132 valence electrons. The lowest BCUT2D eigenvalue weighted by molar-refractivity contribution is 0.142. The summed E-state index contributed by atoms with van der Waals surface area (Å²) in [5.41, 5.74) is 1.25. The van der Waals surface area contributed by atoms with E-state index in [1.807, 2.05) is 7.05 Å². The number of likely N-dealkylation sites (tertiary alicyclic amines) is 1. The number of nitrogens with zero attached hydrogens (tertiary/aromatic N) is 1. The fraction of sp³-hybridized carbons (Fsp3) is 0.316. The third kappa shape index (κ3) is 4.50. The molecule has 2 aromatic rings. The molecule has 1 heterocycles. The van der Waals surface area contributed by atoms with Gasteiger partial charge in [0.1, 0.15) is 5.82 Å². The minimum atomic E-state index is -0.580. The van der Waals surface area contributed by atoms with Crippen LogP contribution in [0.25, 0.3) is 11.1 Å². The summed E-state index contributed by atoms with van der Waals surface area (Å²) in [7, 11) is 2.05. The molecular formula is C19H20ClFN2O2. The summed E-state index contributed by atoms with van der Waals surface area (Å²) in [5.74, 6) is -0.0897. The van der Waals surface area contributed by atoms with Crippen molar-refractivity contribution in [1.29, 1.82) is 0 Å². The smallest absolute Gasteiger partial charge is 0.411 e. The maximum absolute atomic E-state index is 14.4. The average Bonchev–Trinajstić information content (AvgIpc) is 2.98. The molecule has 25 heavy (non-hydrogen) atoms. The molecule has 4 nitrogen and oxygen atoms in total. The molecule has 0 aliphatic carbocycles. The van der Waals surface area contributed by atoms with Crippen LogP contribution >= 0.6 is 11.6 Å². The molecule has 1 N–H and O–H groups in total. The van der Waals surface area contributed by atoms with E-state index in [1.165, 1.54) is 6.07 Å². The molecule has 1 fully saturated rings. The molecule has 6 heteroatoms. The third-order valence-corrected chi connectivity index (χ3v) is 4.54. The summed E-state index contributed by atoms with van der Waals surface area (Å²) in [6.07, 6.45) is 0.431. The second-order valence-electron chi connectivity index (χ2n) is 6.31. The minimum absolute atomic E-state index is 0.294. The number of ether oxygens (including phenoxy) is 1. The first kappa shape index (κ1) is 17.7. The zero-order valence-corrected chi connectivity index (χ0v) is 14.7. The predicted octanol–water partition coefficient (Wildman–Crippen LogP) is 4.65. The molecule has 1 aliphatic heterocycles. The van der Waals surface area contributed by atoms with Crippen molar-refractivity contribution < 1.29 is 13.9 Å². The van der Waals surface area contributed by atoms with E-state index in [0.717, 1.165) is 19.5 Å². The minimum Gasteiger partial charge on any atom is -0.449 e. The molecule has 2 aromatic carbocycles. The number of carbonyl (C=O) groups is 1. The van der Waals surface area contributed by atoms with Crippen LogP contribution in [0.1, 0.15) is 6.42 Å². The van der Waals surface area contributed by atoms with Crippen molar-refractivity contribution in [2.45, 2.75) is 6.42 Å². The van der Waals surface area contributed by atoms with Gasteiger partial charge in [0.2, 0.25) is 0 Å². The molecule has 1 atom stereocenters. The maximum atomic E-state index is 14.4. The Hall–Kier alpha value is -2.11. The highest BCUT2D eigenvalue weighted by Gasteiger charge is 2.21. The Labute approximate surface area is 151 Å². The maximum Gasteiger partial charge on any atom is 0.411 e. The van der Waals surface area contributed by atoms with Crippen molar-refractivity contribution in [3.05, 3.63) is 53.3 Å². The highest BCUT2D eigenvalue weighted by atomic mass is 35.5. The number of carbonyl (C=O) groups excluding carboxylic acids is 1. The van der Waals surface area contributed by atoms with Crippen LogP contribution in [-0.2, 0) is 4.74 Å². The van der Waals surface area contributed by atoms with Crippen LogP contribution in [0.5, 0.6) is 0 Å². The number of hydrogen-bond acceptors (Lipinski definition) is 3. The van der Waals surface area contributed by atoms with Crippen molar-refractivity contribution in [2.75, 3.05) is 32.1 Å². The molecule has 1 amide bonds. The lowest BCUT2D eigenvalue weighted by Crippen LogP contribution is -2.21. The van der Waals surface area contributed by atoms with Crippen molar-refractivity contribution in [1.82, 2.24) is 4.90 Å². The Bertz CT molecular complexity index is 769. The van der Waals surface area contributed by atoms with E-state index in [1.54, 1.807) is 36.4 Å². The Balaban J connectivity index is 1.72. The zero-order valence-electron chi connectivity index (χ0n) is 14.0. The monoisotopic (exact) mass is 362 g/mol. The van der Waals surface area contributed by atoms with E-state index in [0.29, 0.717) is 34.4 Å². The molecular weight excluding hydrogens is 343 g/mol. The first-order chi connectivity index (χ1) is 12.0. The lowest BCUT2D eigenvalue weighted by Gasteiger charge is -2.14. The molecule has 0 radical (unpaired) electrons. The van der Waals surface area contributed by atoms with Gasteiger partial charge in [0.25, 0.3) is 0 Å². The molecule has 1 saturated heterocycles. The number of hydrogen-bond donors (Lipinski definition) is 1. The van der Waals surface area contributed by atoms with E-state index in [-0.39, 0.29) is 0 Å². The average molecular weight is 363 g/mol. The van der Waals surface area contributed by atoms with E-state index < -0.39 is 11.9 Å². The van der Waals surface area contributed by atoms with Crippen LogP contribution in [0.3, 0.4) is 0 Å². The fourth-order valence-corrected chi connectivity index (χ4v) is 3.26. The van der Waals surface area contributed by atoms with Crippen LogP contribution < -0.4 is 5.32 Å². The molecule has 1 aliphatic rings. The van der Waals surface area contributed by atoms with Crippen molar-refractivity contribution in [2.24, 2.45) is 5.92 Å². The van der Waals surface area contributed by atoms with Crippen molar-refractivity contribution in [3.63, 3.8) is 0 Å².